The Morgan fingerprint density at radius 1 is 1.10 bits per heavy atom. The molecule has 1 aliphatic rings. The Kier molecular flexibility index (Phi) is 4.00. The van der Waals surface area contributed by atoms with Crippen molar-refractivity contribution < 1.29 is 9.59 Å². The number of benzene rings is 2. The van der Waals surface area contributed by atoms with Crippen LogP contribution < -0.4 is 0 Å². The molecule has 1 amide bonds. The first-order chi connectivity index (χ1) is 10.3. The molecule has 1 fully saturated rings. The quantitative estimate of drug-likeness (QED) is 0.863. The zero-order valence-corrected chi connectivity index (χ0v) is 11.9. The standard InChI is InChI=1S/C18H18NO2/c20-13-16(19-11-4-3-10-18(19)21)12-15-8-5-7-14-6-1-2-9-17(14)15/h1-2,5-9,16H,3-4,10-12H2/t16-/m1/s1. The van der Waals surface area contributed by atoms with Gasteiger partial charge < -0.3 is 4.90 Å². The van der Waals surface area contributed by atoms with E-state index in [2.05, 4.69) is 24.5 Å². The maximum Gasteiger partial charge on any atom is 0.223 e. The lowest BCUT2D eigenvalue weighted by Gasteiger charge is -2.31. The minimum Gasteiger partial charge on any atom is -0.332 e. The molecule has 0 N–H and O–H groups in total. The lowest BCUT2D eigenvalue weighted by molar-refractivity contribution is -0.134. The van der Waals surface area contributed by atoms with Crippen molar-refractivity contribution in [1.29, 1.82) is 0 Å². The van der Waals surface area contributed by atoms with E-state index in [0.29, 0.717) is 19.4 Å². The lowest BCUT2D eigenvalue weighted by atomic mass is 9.97. The average Bonchev–Trinajstić information content (AvgIpc) is 2.53. The summed E-state index contributed by atoms with van der Waals surface area (Å²) in [6.07, 6.45) is 5.06. The van der Waals surface area contributed by atoms with Crippen LogP contribution in [0.25, 0.3) is 10.8 Å². The number of rotatable bonds is 4. The summed E-state index contributed by atoms with van der Waals surface area (Å²) >= 11 is 0. The predicted molar refractivity (Wildman–Crippen MR) is 82.7 cm³/mol. The van der Waals surface area contributed by atoms with Crippen molar-refractivity contribution in [3.63, 3.8) is 0 Å². The van der Waals surface area contributed by atoms with Crippen molar-refractivity contribution in [2.75, 3.05) is 6.54 Å². The number of piperidine rings is 1. The van der Waals surface area contributed by atoms with E-state index in [4.69, 9.17) is 0 Å². The van der Waals surface area contributed by atoms with E-state index in [-0.39, 0.29) is 5.91 Å². The van der Waals surface area contributed by atoms with E-state index in [0.717, 1.165) is 29.2 Å². The second-order valence-electron chi connectivity index (χ2n) is 5.52. The number of carbonyl (C=O) groups excluding carboxylic acids is 2. The van der Waals surface area contributed by atoms with Crippen LogP contribution in [0, 0.1) is 0 Å². The van der Waals surface area contributed by atoms with Crippen LogP contribution in [0.2, 0.25) is 0 Å². The molecule has 1 aliphatic heterocycles. The zero-order valence-electron chi connectivity index (χ0n) is 11.9. The molecular weight excluding hydrogens is 262 g/mol. The highest BCUT2D eigenvalue weighted by Gasteiger charge is 2.26. The van der Waals surface area contributed by atoms with E-state index < -0.39 is 6.04 Å². The Morgan fingerprint density at radius 2 is 1.90 bits per heavy atom. The van der Waals surface area contributed by atoms with Gasteiger partial charge in [0.1, 0.15) is 6.04 Å². The molecule has 3 rings (SSSR count). The number of carbonyl (C=O) groups is 1. The lowest BCUT2D eigenvalue weighted by Crippen LogP contribution is -2.45. The smallest absolute Gasteiger partial charge is 0.223 e. The van der Waals surface area contributed by atoms with Crippen molar-refractivity contribution in [3.05, 3.63) is 48.0 Å². The van der Waals surface area contributed by atoms with E-state index in [1.807, 2.05) is 24.3 Å². The summed E-state index contributed by atoms with van der Waals surface area (Å²) in [7, 11) is 0. The Morgan fingerprint density at radius 3 is 2.71 bits per heavy atom. The number of nitrogens with zero attached hydrogens (tertiary/aromatic N) is 1. The SMILES string of the molecule is O=[C][C@@H](Cc1cccc2ccccc12)N1CCCCC1=O. The van der Waals surface area contributed by atoms with Gasteiger partial charge in [-0.15, -0.1) is 0 Å². The summed E-state index contributed by atoms with van der Waals surface area (Å²) in [5, 5.41) is 2.30. The van der Waals surface area contributed by atoms with Crippen molar-refractivity contribution in [2.24, 2.45) is 0 Å². The van der Waals surface area contributed by atoms with E-state index in [1.54, 1.807) is 4.90 Å². The van der Waals surface area contributed by atoms with Gasteiger partial charge in [-0.05, 0) is 29.2 Å². The van der Waals surface area contributed by atoms with Crippen molar-refractivity contribution in [3.8, 4) is 0 Å². The van der Waals surface area contributed by atoms with Crippen LogP contribution in [-0.4, -0.2) is 29.7 Å². The first-order valence-corrected chi connectivity index (χ1v) is 7.43. The molecule has 21 heavy (non-hydrogen) atoms. The third kappa shape index (κ3) is 2.82. The second kappa shape index (κ2) is 6.08. The molecule has 107 valence electrons. The second-order valence-corrected chi connectivity index (χ2v) is 5.52. The van der Waals surface area contributed by atoms with Crippen LogP contribution in [0.1, 0.15) is 24.8 Å². The van der Waals surface area contributed by atoms with Gasteiger partial charge in [0.2, 0.25) is 12.2 Å². The molecule has 0 unspecified atom stereocenters. The van der Waals surface area contributed by atoms with Gasteiger partial charge in [0.05, 0.1) is 0 Å². The third-order valence-electron chi connectivity index (χ3n) is 4.17. The predicted octanol–water partition coefficient (Wildman–Crippen LogP) is 2.87. The highest BCUT2D eigenvalue weighted by Crippen LogP contribution is 2.22. The van der Waals surface area contributed by atoms with Gasteiger partial charge >= 0.3 is 0 Å². The maximum absolute atomic E-state index is 12.0. The van der Waals surface area contributed by atoms with Gasteiger partial charge in [0.15, 0.2) is 0 Å². The van der Waals surface area contributed by atoms with Crippen LogP contribution in [0.3, 0.4) is 0 Å². The Bertz CT molecular complexity index is 660. The topological polar surface area (TPSA) is 37.4 Å². The first-order valence-electron chi connectivity index (χ1n) is 7.43. The fourth-order valence-corrected chi connectivity index (χ4v) is 3.05. The van der Waals surface area contributed by atoms with E-state index >= 15 is 0 Å². The summed E-state index contributed by atoms with van der Waals surface area (Å²) < 4.78 is 0. The molecule has 3 nitrogen and oxygen atoms in total. The molecule has 1 atom stereocenters. The molecular formula is C18H18NO2. The summed E-state index contributed by atoms with van der Waals surface area (Å²) in [5.41, 5.74) is 1.10. The number of amides is 1. The number of likely N-dealkylation sites (tertiary alicyclic amines) is 1. The Labute approximate surface area is 124 Å². The number of hydrogen-bond acceptors (Lipinski definition) is 2. The molecule has 0 saturated carbocycles. The number of fused-ring (bicyclic) bond motifs is 1. The molecule has 0 aromatic heterocycles. The number of hydrogen-bond donors (Lipinski definition) is 0. The average molecular weight is 280 g/mol. The maximum atomic E-state index is 12.0. The van der Waals surface area contributed by atoms with Crippen molar-refractivity contribution >= 4 is 23.0 Å². The molecule has 2 aromatic rings. The highest BCUT2D eigenvalue weighted by molar-refractivity contribution is 5.86. The molecule has 1 heterocycles. The van der Waals surface area contributed by atoms with Gasteiger partial charge in [-0.1, -0.05) is 42.5 Å². The van der Waals surface area contributed by atoms with E-state index in [9.17, 15) is 9.59 Å². The summed E-state index contributed by atoms with van der Waals surface area (Å²) in [5.74, 6) is 0.0786. The normalized spacial score (nSPS) is 17.0. The highest BCUT2D eigenvalue weighted by atomic mass is 16.2. The van der Waals surface area contributed by atoms with Crippen LogP contribution in [0.15, 0.2) is 42.5 Å². The summed E-state index contributed by atoms with van der Waals surface area (Å²) in [4.78, 5) is 25.1. The van der Waals surface area contributed by atoms with Gasteiger partial charge in [-0.3, -0.25) is 9.59 Å². The van der Waals surface area contributed by atoms with Gasteiger partial charge in [0.25, 0.3) is 0 Å². The largest absolute Gasteiger partial charge is 0.332 e. The molecule has 0 bridgehead atoms. The van der Waals surface area contributed by atoms with Gasteiger partial charge in [-0.2, -0.15) is 0 Å². The fourth-order valence-electron chi connectivity index (χ4n) is 3.05. The van der Waals surface area contributed by atoms with Crippen LogP contribution >= 0.6 is 0 Å². The Balaban J connectivity index is 1.89. The minimum absolute atomic E-state index is 0.0786. The van der Waals surface area contributed by atoms with Crippen molar-refractivity contribution in [1.82, 2.24) is 4.90 Å². The first kappa shape index (κ1) is 13.8. The Hall–Kier alpha value is -2.16. The summed E-state index contributed by atoms with van der Waals surface area (Å²) in [6, 6.07) is 13.7. The molecule has 0 spiro atoms. The molecule has 1 saturated heterocycles. The zero-order chi connectivity index (χ0) is 14.7. The fraction of sp³-hybridized carbons (Fsp3) is 0.333. The van der Waals surface area contributed by atoms with Crippen LogP contribution in [-0.2, 0) is 16.0 Å². The molecule has 2 aromatic carbocycles. The molecule has 3 heteroatoms. The van der Waals surface area contributed by atoms with Crippen LogP contribution in [0.5, 0.6) is 0 Å². The molecule has 0 aliphatic carbocycles. The third-order valence-corrected chi connectivity index (χ3v) is 4.17. The van der Waals surface area contributed by atoms with Gasteiger partial charge in [-0.25, -0.2) is 0 Å². The summed E-state index contributed by atoms with van der Waals surface area (Å²) in [6.45, 7) is 0.670. The monoisotopic (exact) mass is 280 g/mol. The van der Waals surface area contributed by atoms with E-state index in [1.165, 1.54) is 0 Å². The van der Waals surface area contributed by atoms with Gasteiger partial charge in [0, 0.05) is 19.4 Å². The van der Waals surface area contributed by atoms with Crippen molar-refractivity contribution in [2.45, 2.75) is 31.7 Å². The van der Waals surface area contributed by atoms with Crippen LogP contribution in [0.4, 0.5) is 0 Å². The molecule has 1 radical (unpaired) electrons. The minimum atomic E-state index is -0.469.